The number of para-hydroxylation sites is 1. The van der Waals surface area contributed by atoms with Crippen molar-refractivity contribution in [3.8, 4) is 0 Å². The fourth-order valence-corrected chi connectivity index (χ4v) is 3.82. The van der Waals surface area contributed by atoms with Gasteiger partial charge in [-0.2, -0.15) is 0 Å². The van der Waals surface area contributed by atoms with Crippen molar-refractivity contribution in [1.82, 2.24) is 9.88 Å². The molecule has 3 rings (SSSR count). The highest BCUT2D eigenvalue weighted by molar-refractivity contribution is 7.22. The number of rotatable bonds is 8. The summed E-state index contributed by atoms with van der Waals surface area (Å²) in [6.07, 6.45) is 3.85. The average Bonchev–Trinajstić information content (AvgIpc) is 3.13. The quantitative estimate of drug-likeness (QED) is 0.286. The summed E-state index contributed by atoms with van der Waals surface area (Å²) in [5, 5.41) is 11.6. The molecular weight excluding hydrogens is 424 g/mol. The number of nitro benzene ring substituents is 1. The number of thiazole rings is 1. The number of aromatic nitrogens is 1. The number of benzene rings is 2. The van der Waals surface area contributed by atoms with Crippen LogP contribution in [0.5, 0.6) is 0 Å². The van der Waals surface area contributed by atoms with E-state index in [1.807, 2.05) is 38.4 Å². The maximum atomic E-state index is 12.9. The molecule has 7 nitrogen and oxygen atoms in total. The maximum Gasteiger partial charge on any atom is 0.270 e. The van der Waals surface area contributed by atoms with Crippen molar-refractivity contribution >= 4 is 56.8 Å². The number of fused-ring (bicyclic) bond motifs is 1. The molecular formula is C21H23ClN4O3S. The maximum absolute atomic E-state index is 12.9. The summed E-state index contributed by atoms with van der Waals surface area (Å²) >= 11 is 1.48. The SMILES string of the molecule is CN(C)CCCN(C(=O)/C=C/c1cccc([N+](=O)[O-])c1)c1nc2ccccc2s1.Cl. The first kappa shape index (κ1) is 23.5. The highest BCUT2D eigenvalue weighted by Gasteiger charge is 2.17. The first-order valence-corrected chi connectivity index (χ1v) is 10.00. The van der Waals surface area contributed by atoms with Crippen molar-refractivity contribution in [2.45, 2.75) is 6.42 Å². The van der Waals surface area contributed by atoms with Crippen molar-refractivity contribution in [2.24, 2.45) is 0 Å². The molecule has 0 spiro atoms. The van der Waals surface area contributed by atoms with Crippen LogP contribution >= 0.6 is 23.7 Å². The van der Waals surface area contributed by atoms with Crippen molar-refractivity contribution < 1.29 is 9.72 Å². The zero-order chi connectivity index (χ0) is 20.8. The molecule has 0 unspecified atom stereocenters. The number of halogens is 1. The molecule has 0 radical (unpaired) electrons. The first-order chi connectivity index (χ1) is 13.9. The summed E-state index contributed by atoms with van der Waals surface area (Å²) in [7, 11) is 3.98. The Hall–Kier alpha value is -2.81. The Balaban J connectivity index is 0.00000320. The van der Waals surface area contributed by atoms with Gasteiger partial charge < -0.3 is 4.90 Å². The number of hydrogen-bond donors (Lipinski definition) is 0. The monoisotopic (exact) mass is 446 g/mol. The second kappa shape index (κ2) is 10.8. The summed E-state index contributed by atoms with van der Waals surface area (Å²) in [4.78, 5) is 31.8. The van der Waals surface area contributed by atoms with Crippen LogP contribution in [0.3, 0.4) is 0 Å². The number of anilines is 1. The van der Waals surface area contributed by atoms with E-state index in [1.54, 1.807) is 23.1 Å². The Bertz CT molecular complexity index is 1020. The fraction of sp³-hybridized carbons (Fsp3) is 0.238. The van der Waals surface area contributed by atoms with E-state index in [0.29, 0.717) is 17.2 Å². The number of carbonyl (C=O) groups excluding carboxylic acids is 1. The standard InChI is InChI=1S/C21H22N4O3S.ClH/c1-23(2)13-6-14-24(21-22-18-9-3-4-10-19(18)29-21)20(26)12-11-16-7-5-8-17(15-16)25(27)28;/h3-5,7-12,15H,6,13-14H2,1-2H3;1H/b12-11+;. The van der Waals surface area contributed by atoms with Crippen LogP contribution in [0.25, 0.3) is 16.3 Å². The molecule has 158 valence electrons. The van der Waals surface area contributed by atoms with Gasteiger partial charge >= 0.3 is 0 Å². The van der Waals surface area contributed by atoms with E-state index in [9.17, 15) is 14.9 Å². The second-order valence-electron chi connectivity index (χ2n) is 6.80. The molecule has 30 heavy (non-hydrogen) atoms. The van der Waals surface area contributed by atoms with Gasteiger partial charge in [-0.25, -0.2) is 4.98 Å². The minimum atomic E-state index is -0.451. The number of non-ortho nitro benzene ring substituents is 1. The molecule has 1 heterocycles. The Labute approximate surface area is 185 Å². The largest absolute Gasteiger partial charge is 0.309 e. The van der Waals surface area contributed by atoms with Gasteiger partial charge in [0.1, 0.15) is 0 Å². The van der Waals surface area contributed by atoms with Gasteiger partial charge in [0.2, 0.25) is 0 Å². The van der Waals surface area contributed by atoms with Gasteiger partial charge in [0.25, 0.3) is 11.6 Å². The van der Waals surface area contributed by atoms with Crippen LogP contribution < -0.4 is 4.90 Å². The van der Waals surface area contributed by atoms with Crippen molar-refractivity contribution in [3.05, 3.63) is 70.3 Å². The molecule has 1 aromatic heterocycles. The van der Waals surface area contributed by atoms with E-state index in [4.69, 9.17) is 0 Å². The van der Waals surface area contributed by atoms with Crippen molar-refractivity contribution in [1.29, 1.82) is 0 Å². The molecule has 3 aromatic rings. The van der Waals surface area contributed by atoms with Gasteiger partial charge in [0, 0.05) is 24.8 Å². The van der Waals surface area contributed by atoms with Crippen LogP contribution in [-0.4, -0.2) is 47.9 Å². The molecule has 1 amide bonds. The molecule has 2 aromatic carbocycles. The lowest BCUT2D eigenvalue weighted by molar-refractivity contribution is -0.384. The lowest BCUT2D eigenvalue weighted by atomic mass is 10.2. The molecule has 0 saturated heterocycles. The molecule has 0 aliphatic heterocycles. The zero-order valence-corrected chi connectivity index (χ0v) is 18.4. The Morgan fingerprint density at radius 2 is 1.93 bits per heavy atom. The number of nitro groups is 1. The third kappa shape index (κ3) is 6.09. The smallest absolute Gasteiger partial charge is 0.270 e. The minimum absolute atomic E-state index is 0. The van der Waals surface area contributed by atoms with E-state index in [-0.39, 0.29) is 24.0 Å². The highest BCUT2D eigenvalue weighted by atomic mass is 35.5. The van der Waals surface area contributed by atoms with E-state index in [1.165, 1.54) is 29.5 Å². The Kier molecular flexibility index (Phi) is 8.46. The Morgan fingerprint density at radius 3 is 2.63 bits per heavy atom. The molecule has 9 heteroatoms. The molecule has 0 atom stereocenters. The number of hydrogen-bond acceptors (Lipinski definition) is 6. The molecule has 0 saturated carbocycles. The van der Waals surface area contributed by atoms with Crippen molar-refractivity contribution in [2.75, 3.05) is 32.1 Å². The lowest BCUT2D eigenvalue weighted by Gasteiger charge is -2.19. The van der Waals surface area contributed by atoms with E-state index < -0.39 is 4.92 Å². The number of nitrogens with zero attached hydrogens (tertiary/aromatic N) is 4. The van der Waals surface area contributed by atoms with Gasteiger partial charge in [-0.15, -0.1) is 12.4 Å². The molecule has 0 N–H and O–H groups in total. The third-order valence-corrected chi connectivity index (χ3v) is 5.33. The van der Waals surface area contributed by atoms with Crippen LogP contribution in [0.15, 0.2) is 54.6 Å². The van der Waals surface area contributed by atoms with Gasteiger partial charge in [0.15, 0.2) is 5.13 Å². The van der Waals surface area contributed by atoms with Gasteiger partial charge in [-0.05, 0) is 50.8 Å². The normalized spacial score (nSPS) is 11.0. The first-order valence-electron chi connectivity index (χ1n) is 9.18. The average molecular weight is 447 g/mol. The van der Waals surface area contributed by atoms with Gasteiger partial charge in [0.05, 0.1) is 15.1 Å². The topological polar surface area (TPSA) is 79.6 Å². The molecule has 0 bridgehead atoms. The summed E-state index contributed by atoms with van der Waals surface area (Å²) in [5.41, 5.74) is 1.46. The van der Waals surface area contributed by atoms with Crippen LogP contribution in [0, 0.1) is 10.1 Å². The minimum Gasteiger partial charge on any atom is -0.309 e. The molecule has 0 aliphatic carbocycles. The molecule has 0 aliphatic rings. The summed E-state index contributed by atoms with van der Waals surface area (Å²) < 4.78 is 1.02. The van der Waals surface area contributed by atoms with Crippen molar-refractivity contribution in [3.63, 3.8) is 0 Å². The lowest BCUT2D eigenvalue weighted by Crippen LogP contribution is -2.32. The van der Waals surface area contributed by atoms with Crippen LogP contribution in [0.2, 0.25) is 0 Å². The number of carbonyl (C=O) groups is 1. The van der Waals surface area contributed by atoms with Gasteiger partial charge in [-0.1, -0.05) is 35.6 Å². The van der Waals surface area contributed by atoms with Crippen LogP contribution in [0.1, 0.15) is 12.0 Å². The third-order valence-electron chi connectivity index (χ3n) is 4.27. The highest BCUT2D eigenvalue weighted by Crippen LogP contribution is 2.29. The predicted octanol–water partition coefficient (Wildman–Crippen LogP) is 4.62. The van der Waals surface area contributed by atoms with E-state index in [2.05, 4.69) is 9.88 Å². The predicted molar refractivity (Wildman–Crippen MR) is 125 cm³/mol. The Morgan fingerprint density at radius 1 is 1.17 bits per heavy atom. The summed E-state index contributed by atoms with van der Waals surface area (Å²) in [6, 6.07) is 14.0. The summed E-state index contributed by atoms with van der Waals surface area (Å²) in [6.45, 7) is 1.39. The zero-order valence-electron chi connectivity index (χ0n) is 16.7. The number of amides is 1. The fourth-order valence-electron chi connectivity index (χ4n) is 2.82. The van der Waals surface area contributed by atoms with E-state index >= 15 is 0 Å². The second-order valence-corrected chi connectivity index (χ2v) is 7.81. The van der Waals surface area contributed by atoms with Gasteiger partial charge in [-0.3, -0.25) is 19.8 Å². The van der Waals surface area contributed by atoms with E-state index in [0.717, 1.165) is 23.2 Å². The van der Waals surface area contributed by atoms with Crippen LogP contribution in [-0.2, 0) is 4.79 Å². The summed E-state index contributed by atoms with van der Waals surface area (Å²) in [5.74, 6) is -0.200. The molecule has 0 fully saturated rings. The van der Waals surface area contributed by atoms with Crippen LogP contribution in [0.4, 0.5) is 10.8 Å².